The predicted octanol–water partition coefficient (Wildman–Crippen LogP) is 0.732. The van der Waals surface area contributed by atoms with E-state index in [4.69, 9.17) is 4.55 Å². The van der Waals surface area contributed by atoms with Gasteiger partial charge in [-0.1, -0.05) is 31.9 Å². The van der Waals surface area contributed by atoms with Crippen molar-refractivity contribution >= 4 is 71.5 Å². The Morgan fingerprint density at radius 1 is 1.40 bits per heavy atom. The normalized spacial score (nSPS) is 11.2. The molecule has 0 aromatic heterocycles. The van der Waals surface area contributed by atoms with Crippen molar-refractivity contribution in [2.45, 2.75) is 10.2 Å². The van der Waals surface area contributed by atoms with Crippen molar-refractivity contribution in [2.24, 2.45) is 0 Å². The van der Waals surface area contributed by atoms with Gasteiger partial charge in [-0.05, 0) is 6.42 Å². The van der Waals surface area contributed by atoms with Gasteiger partial charge < -0.3 is 0 Å². The molecule has 0 aliphatic carbocycles. The van der Waals surface area contributed by atoms with Crippen LogP contribution in [0.2, 0.25) is 0 Å². The van der Waals surface area contributed by atoms with Crippen molar-refractivity contribution in [2.75, 3.05) is 5.75 Å². The molecule has 0 aliphatic rings. The Morgan fingerprint density at radius 2 is 1.80 bits per heavy atom. The SMILES string of the molecule is O=S(=O)(O)CCC(Br)Br.[NaH]. The van der Waals surface area contributed by atoms with E-state index in [1.54, 1.807) is 0 Å². The van der Waals surface area contributed by atoms with Gasteiger partial charge in [-0.15, -0.1) is 0 Å². The fourth-order valence-corrected chi connectivity index (χ4v) is 1.84. The van der Waals surface area contributed by atoms with Crippen molar-refractivity contribution in [1.29, 1.82) is 0 Å². The first-order valence-corrected chi connectivity index (χ1v) is 5.59. The van der Waals surface area contributed by atoms with Crippen LogP contribution in [0.5, 0.6) is 0 Å². The molecular weight excluding hydrogens is 299 g/mol. The molecule has 0 heterocycles. The average molecular weight is 306 g/mol. The first kappa shape index (κ1) is 14.4. The molecule has 0 fully saturated rings. The summed E-state index contributed by atoms with van der Waals surface area (Å²) in [6.07, 6.45) is 0.360. The molecule has 0 aromatic carbocycles. The maximum absolute atomic E-state index is 10.0. The van der Waals surface area contributed by atoms with Gasteiger partial charge in [0.25, 0.3) is 10.1 Å². The van der Waals surface area contributed by atoms with Gasteiger partial charge in [0.2, 0.25) is 0 Å². The molecule has 3 nitrogen and oxygen atoms in total. The minimum atomic E-state index is -3.78. The monoisotopic (exact) mass is 304 g/mol. The predicted molar refractivity (Wildman–Crippen MR) is 49.8 cm³/mol. The summed E-state index contributed by atoms with van der Waals surface area (Å²) in [5.41, 5.74) is 0. The average Bonchev–Trinajstić information content (AvgIpc) is 1.59. The fraction of sp³-hybridized carbons (Fsp3) is 1.00. The second kappa shape index (κ2) is 6.39. The summed E-state index contributed by atoms with van der Waals surface area (Å²) in [6.45, 7) is 0. The van der Waals surface area contributed by atoms with Crippen LogP contribution in [0.1, 0.15) is 6.42 Å². The second-order valence-corrected chi connectivity index (χ2v) is 6.48. The van der Waals surface area contributed by atoms with E-state index in [1.807, 2.05) is 0 Å². The van der Waals surface area contributed by atoms with Crippen molar-refractivity contribution in [3.05, 3.63) is 0 Å². The molecular formula is C3H7Br2NaO3S. The Balaban J connectivity index is 0. The summed E-state index contributed by atoms with van der Waals surface area (Å²) >= 11 is 6.14. The number of hydrogen-bond donors (Lipinski definition) is 1. The molecule has 0 radical (unpaired) electrons. The molecule has 0 saturated heterocycles. The number of halogens is 2. The number of alkyl halides is 2. The van der Waals surface area contributed by atoms with E-state index in [9.17, 15) is 8.42 Å². The standard InChI is InChI=1S/C3H6Br2O3S.Na.H/c4-3(5)1-2-9(6,7)8;;/h3H,1-2H2,(H,6,7,8);;. The third-order valence-corrected chi connectivity index (χ3v) is 2.26. The van der Waals surface area contributed by atoms with Crippen molar-refractivity contribution < 1.29 is 13.0 Å². The van der Waals surface area contributed by atoms with E-state index in [1.165, 1.54) is 0 Å². The van der Waals surface area contributed by atoms with Crippen LogP contribution in [0.15, 0.2) is 0 Å². The molecule has 0 aliphatic heterocycles. The number of rotatable bonds is 3. The summed E-state index contributed by atoms with van der Waals surface area (Å²) < 4.78 is 28.2. The summed E-state index contributed by atoms with van der Waals surface area (Å²) in [4.78, 5) is 0. The Bertz CT molecular complexity index is 167. The van der Waals surface area contributed by atoms with Gasteiger partial charge in [-0.25, -0.2) is 0 Å². The van der Waals surface area contributed by atoms with Crippen molar-refractivity contribution in [1.82, 2.24) is 0 Å². The van der Waals surface area contributed by atoms with Gasteiger partial charge in [0.1, 0.15) is 0 Å². The van der Waals surface area contributed by atoms with E-state index in [0.717, 1.165) is 0 Å². The number of hydrogen-bond acceptors (Lipinski definition) is 2. The van der Waals surface area contributed by atoms with Crippen LogP contribution >= 0.6 is 31.9 Å². The summed E-state index contributed by atoms with van der Waals surface area (Å²) in [6, 6.07) is 0. The first-order valence-electron chi connectivity index (χ1n) is 2.15. The molecule has 0 aromatic rings. The van der Waals surface area contributed by atoms with Crippen LogP contribution in [0.3, 0.4) is 0 Å². The molecule has 1 N–H and O–H groups in total. The van der Waals surface area contributed by atoms with Crippen molar-refractivity contribution in [3.63, 3.8) is 0 Å². The molecule has 58 valence electrons. The molecule has 0 unspecified atom stereocenters. The molecule has 0 saturated carbocycles. The summed E-state index contributed by atoms with van der Waals surface area (Å²) in [7, 11) is -3.78. The first-order chi connectivity index (χ1) is 3.92. The second-order valence-electron chi connectivity index (χ2n) is 1.47. The quantitative estimate of drug-likeness (QED) is 0.475. The fourth-order valence-electron chi connectivity index (χ4n) is 0.238. The zero-order chi connectivity index (χ0) is 7.49. The molecule has 10 heavy (non-hydrogen) atoms. The Labute approximate surface area is 99.2 Å². The van der Waals surface area contributed by atoms with Gasteiger partial charge in [0.05, 0.1) is 9.49 Å². The van der Waals surface area contributed by atoms with Gasteiger partial charge in [-0.3, -0.25) is 4.55 Å². The van der Waals surface area contributed by atoms with Crippen molar-refractivity contribution in [3.8, 4) is 0 Å². The molecule has 0 amide bonds. The van der Waals surface area contributed by atoms with Gasteiger partial charge >= 0.3 is 29.6 Å². The molecule has 0 rings (SSSR count). The maximum atomic E-state index is 10.0. The molecule has 0 spiro atoms. The van der Waals surface area contributed by atoms with Crippen LogP contribution in [0.4, 0.5) is 0 Å². The van der Waals surface area contributed by atoms with Crippen LogP contribution in [-0.4, -0.2) is 52.0 Å². The summed E-state index contributed by atoms with van der Waals surface area (Å²) in [5.74, 6) is -0.214. The van der Waals surface area contributed by atoms with E-state index in [-0.39, 0.29) is 39.0 Å². The minimum absolute atomic E-state index is 0. The molecule has 0 atom stereocenters. The zero-order valence-corrected chi connectivity index (χ0v) is 8.41. The van der Waals surface area contributed by atoms with Crippen LogP contribution in [-0.2, 0) is 10.1 Å². The van der Waals surface area contributed by atoms with Crippen LogP contribution in [0.25, 0.3) is 0 Å². The van der Waals surface area contributed by atoms with E-state index in [0.29, 0.717) is 6.42 Å². The molecule has 7 heteroatoms. The Kier molecular flexibility index (Phi) is 9.20. The van der Waals surface area contributed by atoms with Crippen LogP contribution < -0.4 is 0 Å². The van der Waals surface area contributed by atoms with E-state index < -0.39 is 10.1 Å². The van der Waals surface area contributed by atoms with Gasteiger partial charge in [0, 0.05) is 0 Å². The molecule has 0 bridgehead atoms. The van der Waals surface area contributed by atoms with Crippen LogP contribution in [0, 0.1) is 0 Å². The third kappa shape index (κ3) is 12.5. The third-order valence-electron chi connectivity index (χ3n) is 0.594. The Hall–Kier alpha value is 1.87. The topological polar surface area (TPSA) is 54.4 Å². The van der Waals surface area contributed by atoms with Gasteiger partial charge in [-0.2, -0.15) is 8.42 Å². The van der Waals surface area contributed by atoms with Gasteiger partial charge in [0.15, 0.2) is 0 Å². The van der Waals surface area contributed by atoms with E-state index >= 15 is 0 Å². The Morgan fingerprint density at radius 3 is 1.90 bits per heavy atom. The van der Waals surface area contributed by atoms with E-state index in [2.05, 4.69) is 31.9 Å². The summed E-state index contributed by atoms with van der Waals surface area (Å²) in [5, 5.41) is 0. The zero-order valence-electron chi connectivity index (χ0n) is 4.42.